The van der Waals surface area contributed by atoms with Crippen molar-refractivity contribution in [2.24, 2.45) is 0 Å². The summed E-state index contributed by atoms with van der Waals surface area (Å²) in [6.07, 6.45) is -4.66. The van der Waals surface area contributed by atoms with Gasteiger partial charge in [-0.3, -0.25) is 19.3 Å². The van der Waals surface area contributed by atoms with Crippen molar-refractivity contribution in [2.45, 2.75) is 62.4 Å². The number of ether oxygens (including phenoxy) is 4. The van der Waals surface area contributed by atoms with Crippen LogP contribution in [0.1, 0.15) is 68.8 Å². The van der Waals surface area contributed by atoms with E-state index in [1.807, 2.05) is 0 Å². The molecule has 0 aromatic heterocycles. The Morgan fingerprint density at radius 1 is 1.09 bits per heavy atom. The summed E-state index contributed by atoms with van der Waals surface area (Å²) >= 11 is 0. The summed E-state index contributed by atoms with van der Waals surface area (Å²) < 4.78 is 23.0. The van der Waals surface area contributed by atoms with E-state index in [1.54, 1.807) is 6.92 Å². The van der Waals surface area contributed by atoms with Crippen LogP contribution in [0.15, 0.2) is 18.2 Å². The highest BCUT2D eigenvalue weighted by molar-refractivity contribution is 6.31. The van der Waals surface area contributed by atoms with E-state index in [1.165, 1.54) is 25.3 Å². The first-order chi connectivity index (χ1) is 21.0. The number of benzene rings is 2. The molecule has 5 N–H and O–H groups in total. The van der Waals surface area contributed by atoms with Gasteiger partial charge in [0.1, 0.15) is 29.5 Å². The smallest absolute Gasteiger partial charge is 0.202 e. The van der Waals surface area contributed by atoms with Crippen molar-refractivity contribution < 1.29 is 58.9 Å². The number of rotatable bonds is 6. The third kappa shape index (κ3) is 4.79. The fourth-order valence-corrected chi connectivity index (χ4v) is 6.96. The fraction of sp³-hybridized carbons (Fsp3) is 0.516. The predicted octanol–water partition coefficient (Wildman–Crippen LogP) is 0.375. The number of nitrogens with zero attached hydrogens (tertiary/aromatic N) is 1. The predicted molar refractivity (Wildman–Crippen MR) is 150 cm³/mol. The maximum atomic E-state index is 13.8. The van der Waals surface area contributed by atoms with Crippen molar-refractivity contribution in [3.63, 3.8) is 0 Å². The van der Waals surface area contributed by atoms with Gasteiger partial charge in [0.2, 0.25) is 5.78 Å². The van der Waals surface area contributed by atoms with E-state index in [0.29, 0.717) is 26.3 Å². The summed E-state index contributed by atoms with van der Waals surface area (Å²) in [6, 6.07) is 4.04. The molecule has 236 valence electrons. The number of carbonyl (C=O) groups excluding carboxylic acids is 3. The molecule has 4 aliphatic rings. The molecule has 0 amide bonds. The highest BCUT2D eigenvalue weighted by atomic mass is 16.7. The molecule has 13 nitrogen and oxygen atoms in total. The van der Waals surface area contributed by atoms with E-state index < -0.39 is 89.6 Å². The molecular weight excluding hydrogens is 578 g/mol. The van der Waals surface area contributed by atoms with Crippen LogP contribution in [-0.4, -0.2) is 118 Å². The molecule has 6 atom stereocenters. The van der Waals surface area contributed by atoms with Crippen LogP contribution in [0.5, 0.6) is 17.2 Å². The Hall–Kier alpha value is -3.43. The first kappa shape index (κ1) is 30.6. The molecule has 0 radical (unpaired) electrons. The average molecular weight is 614 g/mol. The van der Waals surface area contributed by atoms with E-state index >= 15 is 0 Å². The lowest BCUT2D eigenvalue weighted by Gasteiger charge is -2.46. The summed E-state index contributed by atoms with van der Waals surface area (Å²) in [5.74, 6) is -3.68. The number of aromatic hydroxyl groups is 2. The molecule has 2 aliphatic carbocycles. The quantitative estimate of drug-likeness (QED) is 0.240. The maximum absolute atomic E-state index is 13.8. The minimum Gasteiger partial charge on any atom is -0.507 e. The third-order valence-corrected chi connectivity index (χ3v) is 9.24. The average Bonchev–Trinajstić information content (AvgIpc) is 3.02. The molecule has 6 rings (SSSR count). The first-order valence-corrected chi connectivity index (χ1v) is 14.5. The fourth-order valence-electron chi connectivity index (χ4n) is 6.96. The maximum Gasteiger partial charge on any atom is 0.202 e. The molecule has 44 heavy (non-hydrogen) atoms. The molecule has 2 aromatic rings. The lowest BCUT2D eigenvalue weighted by atomic mass is 9.72. The zero-order valence-corrected chi connectivity index (χ0v) is 24.3. The van der Waals surface area contributed by atoms with Crippen LogP contribution in [0.2, 0.25) is 0 Å². The topological polar surface area (TPSA) is 193 Å². The minimum absolute atomic E-state index is 0.0425. The third-order valence-electron chi connectivity index (χ3n) is 9.24. The zero-order chi connectivity index (χ0) is 31.5. The first-order valence-electron chi connectivity index (χ1n) is 14.5. The largest absolute Gasteiger partial charge is 0.507 e. The van der Waals surface area contributed by atoms with Crippen molar-refractivity contribution in [2.75, 3.05) is 40.0 Å². The van der Waals surface area contributed by atoms with E-state index in [0.717, 1.165) is 0 Å². The lowest BCUT2D eigenvalue weighted by molar-refractivity contribution is -0.260. The van der Waals surface area contributed by atoms with E-state index in [2.05, 4.69) is 4.90 Å². The van der Waals surface area contributed by atoms with Crippen molar-refractivity contribution in [3.8, 4) is 17.2 Å². The summed E-state index contributed by atoms with van der Waals surface area (Å²) in [5.41, 5.74) is -3.52. The van der Waals surface area contributed by atoms with Crippen LogP contribution in [0.25, 0.3) is 0 Å². The number of aliphatic hydroxyl groups is 3. The van der Waals surface area contributed by atoms with Gasteiger partial charge in [-0.25, -0.2) is 0 Å². The number of carbonyl (C=O) groups is 3. The van der Waals surface area contributed by atoms with Gasteiger partial charge in [0, 0.05) is 55.1 Å². The van der Waals surface area contributed by atoms with Crippen LogP contribution < -0.4 is 4.74 Å². The highest BCUT2D eigenvalue weighted by Gasteiger charge is 2.50. The van der Waals surface area contributed by atoms with Crippen LogP contribution in [-0.2, 0) is 25.4 Å². The summed E-state index contributed by atoms with van der Waals surface area (Å²) in [7, 11) is 1.34. The number of hydrogen-bond donors (Lipinski definition) is 5. The highest BCUT2D eigenvalue weighted by Crippen LogP contribution is 2.52. The van der Waals surface area contributed by atoms with Crippen LogP contribution in [0.3, 0.4) is 0 Å². The number of Topliss-reactive ketones (excluding diaryl/α,β-unsaturated/α-hetero) is 1. The summed E-state index contributed by atoms with van der Waals surface area (Å²) in [6.45, 7) is 2.83. The number of morpholine rings is 1. The Kier molecular flexibility index (Phi) is 7.99. The molecule has 2 aromatic carbocycles. The molecular formula is C31H35NO12. The normalized spacial score (nSPS) is 30.3. The Morgan fingerprint density at radius 2 is 1.80 bits per heavy atom. The molecule has 5 unspecified atom stereocenters. The minimum atomic E-state index is -2.24. The molecule has 2 saturated heterocycles. The second-order valence-corrected chi connectivity index (χ2v) is 11.7. The Morgan fingerprint density at radius 3 is 2.48 bits per heavy atom. The second kappa shape index (κ2) is 11.5. The molecule has 0 bridgehead atoms. The Bertz CT molecular complexity index is 1520. The number of ketones is 3. The summed E-state index contributed by atoms with van der Waals surface area (Å²) in [4.78, 5) is 42.3. The molecule has 2 fully saturated rings. The van der Waals surface area contributed by atoms with Gasteiger partial charge in [-0.05, 0) is 13.0 Å². The standard InChI is InChI=1S/C31H35NO12/c1-14-26(35)17(32-6-8-42-9-7-32)10-21(43-14)44-19-12-31(40,20(34)13-33)11-16-23(19)30(39)25-24(28(16)37)27(36)15-4-3-5-18(41-2)22(15)29(25)38/h3-5,14,17,19,21,26,33,35,37,39-40H,6-13H2,1-2H3/t14?,17?,19?,21?,26?,31-/m0/s1. The number of phenolic OH excluding ortho intramolecular Hbond substituents is 2. The Balaban J connectivity index is 1.45. The lowest BCUT2D eigenvalue weighted by Crippen LogP contribution is -2.58. The van der Waals surface area contributed by atoms with Crippen LogP contribution in [0.4, 0.5) is 0 Å². The van der Waals surface area contributed by atoms with Gasteiger partial charge >= 0.3 is 0 Å². The molecule has 2 aliphatic heterocycles. The number of hydrogen-bond acceptors (Lipinski definition) is 13. The van der Waals surface area contributed by atoms with E-state index in [-0.39, 0.29) is 40.5 Å². The van der Waals surface area contributed by atoms with Gasteiger partial charge in [0.25, 0.3) is 0 Å². The van der Waals surface area contributed by atoms with Crippen LogP contribution >= 0.6 is 0 Å². The van der Waals surface area contributed by atoms with Gasteiger partial charge < -0.3 is 44.5 Å². The molecule has 0 saturated carbocycles. The number of methoxy groups -OCH3 is 1. The van der Waals surface area contributed by atoms with Gasteiger partial charge in [-0.1, -0.05) is 12.1 Å². The number of phenols is 2. The number of aliphatic hydroxyl groups excluding tert-OH is 2. The van der Waals surface area contributed by atoms with Gasteiger partial charge in [0.15, 0.2) is 17.9 Å². The van der Waals surface area contributed by atoms with Crippen molar-refractivity contribution in [1.29, 1.82) is 0 Å². The van der Waals surface area contributed by atoms with Crippen molar-refractivity contribution in [3.05, 3.63) is 51.6 Å². The number of fused-ring (bicyclic) bond motifs is 3. The van der Waals surface area contributed by atoms with Crippen LogP contribution in [0, 0.1) is 0 Å². The molecule has 0 spiro atoms. The summed E-state index contributed by atoms with van der Waals surface area (Å²) in [5, 5.41) is 55.2. The molecule has 13 heteroatoms. The van der Waals surface area contributed by atoms with Gasteiger partial charge in [-0.2, -0.15) is 0 Å². The van der Waals surface area contributed by atoms with Gasteiger partial charge in [-0.15, -0.1) is 0 Å². The van der Waals surface area contributed by atoms with Crippen molar-refractivity contribution in [1.82, 2.24) is 4.90 Å². The van der Waals surface area contributed by atoms with Crippen molar-refractivity contribution >= 4 is 17.3 Å². The zero-order valence-electron chi connectivity index (χ0n) is 24.3. The SMILES string of the molecule is COc1cccc2c1C(=O)c1c(O)c3c(c(O)c1C2=O)C[C@@](O)(C(=O)CO)CC3OC1CC(N2CCOCC2)C(O)C(C)O1. The van der Waals surface area contributed by atoms with Gasteiger partial charge in [0.05, 0.1) is 55.3 Å². The van der Waals surface area contributed by atoms with E-state index in [9.17, 15) is 39.9 Å². The Labute approximate surface area is 252 Å². The second-order valence-electron chi connectivity index (χ2n) is 11.7. The molecule has 2 heterocycles. The monoisotopic (exact) mass is 613 g/mol. The van der Waals surface area contributed by atoms with E-state index in [4.69, 9.17) is 18.9 Å².